The zero-order valence-electron chi connectivity index (χ0n) is 16.2. The average molecular weight is 364 g/mol. The predicted molar refractivity (Wildman–Crippen MR) is 101 cm³/mol. The van der Waals surface area contributed by atoms with E-state index in [1.54, 1.807) is 0 Å². The predicted octanol–water partition coefficient (Wildman–Crippen LogP) is 0.919. The second kappa shape index (κ2) is 9.48. The zero-order chi connectivity index (χ0) is 18.4. The van der Waals surface area contributed by atoms with Gasteiger partial charge in [-0.25, -0.2) is 4.98 Å². The lowest BCUT2D eigenvalue weighted by molar-refractivity contribution is -0.133. The van der Waals surface area contributed by atoms with Crippen LogP contribution in [-0.2, 0) is 16.1 Å². The van der Waals surface area contributed by atoms with E-state index in [4.69, 9.17) is 4.74 Å². The summed E-state index contributed by atoms with van der Waals surface area (Å²) >= 11 is 0. The average Bonchev–Trinajstić information content (AvgIpc) is 3.11. The molecule has 3 rings (SSSR count). The van der Waals surface area contributed by atoms with Crippen LogP contribution in [-0.4, -0.2) is 84.8 Å². The van der Waals surface area contributed by atoms with Crippen molar-refractivity contribution in [2.45, 2.75) is 44.2 Å². The van der Waals surface area contributed by atoms with Crippen LogP contribution in [0.4, 0.5) is 0 Å². The van der Waals surface area contributed by atoms with Gasteiger partial charge in [-0.3, -0.25) is 4.79 Å². The number of ether oxygens (including phenoxy) is 1. The Bertz CT molecular complexity index is 560. The summed E-state index contributed by atoms with van der Waals surface area (Å²) in [4.78, 5) is 21.4. The summed E-state index contributed by atoms with van der Waals surface area (Å²) < 4.78 is 7.75. The summed E-state index contributed by atoms with van der Waals surface area (Å²) in [6.45, 7) is 6.01. The Morgan fingerprint density at radius 1 is 1.38 bits per heavy atom. The molecule has 146 valence electrons. The lowest BCUT2D eigenvalue weighted by atomic mass is 9.95. The van der Waals surface area contributed by atoms with Crippen LogP contribution in [0.3, 0.4) is 0 Å². The Labute approximate surface area is 156 Å². The Kier molecular flexibility index (Phi) is 7.05. The van der Waals surface area contributed by atoms with E-state index in [0.717, 1.165) is 58.6 Å². The Hall–Kier alpha value is -1.44. The number of carbonyl (C=O) groups excluding carboxylic acids is 1. The van der Waals surface area contributed by atoms with Crippen molar-refractivity contribution in [3.63, 3.8) is 0 Å². The number of likely N-dealkylation sites (tertiary alicyclic amines) is 1. The Morgan fingerprint density at radius 2 is 2.19 bits per heavy atom. The molecule has 0 aromatic carbocycles. The fourth-order valence-corrected chi connectivity index (χ4v) is 3.90. The van der Waals surface area contributed by atoms with E-state index >= 15 is 0 Å². The van der Waals surface area contributed by atoms with Crippen LogP contribution >= 0.6 is 0 Å². The summed E-state index contributed by atoms with van der Waals surface area (Å²) in [6, 6.07) is 0.171. The minimum Gasteiger partial charge on any atom is -0.378 e. The molecule has 0 unspecified atom stereocenters. The van der Waals surface area contributed by atoms with Crippen LogP contribution in [0.5, 0.6) is 0 Å². The molecule has 0 spiro atoms. The van der Waals surface area contributed by atoms with Crippen LogP contribution in [0.15, 0.2) is 12.4 Å². The van der Waals surface area contributed by atoms with Gasteiger partial charge in [-0.05, 0) is 39.9 Å². The number of morpholine rings is 1. The van der Waals surface area contributed by atoms with Crippen LogP contribution in [0.25, 0.3) is 0 Å². The number of nitrogens with one attached hydrogen (secondary N) is 1. The maximum atomic E-state index is 12.5. The molecule has 7 nitrogen and oxygen atoms in total. The molecule has 26 heavy (non-hydrogen) atoms. The van der Waals surface area contributed by atoms with Crippen LogP contribution in [0.1, 0.15) is 37.4 Å². The first-order valence-corrected chi connectivity index (χ1v) is 9.88. The fraction of sp³-hybridized carbons (Fsp3) is 0.789. The number of piperidine rings is 1. The molecule has 2 aliphatic heterocycles. The van der Waals surface area contributed by atoms with E-state index in [0.29, 0.717) is 18.9 Å². The van der Waals surface area contributed by atoms with E-state index in [2.05, 4.69) is 40.1 Å². The van der Waals surface area contributed by atoms with Gasteiger partial charge in [0.1, 0.15) is 5.82 Å². The maximum absolute atomic E-state index is 12.5. The highest BCUT2D eigenvalue weighted by Crippen LogP contribution is 2.27. The number of rotatable bonds is 7. The van der Waals surface area contributed by atoms with Crippen molar-refractivity contribution in [2.24, 2.45) is 0 Å². The number of hydrogen-bond acceptors (Lipinski definition) is 5. The monoisotopic (exact) mass is 363 g/mol. The minimum atomic E-state index is 0.171. The molecule has 3 heterocycles. The van der Waals surface area contributed by atoms with Crippen LogP contribution < -0.4 is 5.32 Å². The number of amides is 1. The molecular weight excluding hydrogens is 330 g/mol. The standard InChI is InChI=1S/C19H33N5O2/c1-22(2)8-3-9-24-12-6-21-19(24)16-4-10-23(11-5-16)18(25)14-17-15-26-13-7-20-17/h6,12,16-17,20H,3-5,7-11,13-15H2,1-2H3/t17-/m1/s1. The highest BCUT2D eigenvalue weighted by atomic mass is 16.5. The van der Waals surface area contributed by atoms with Gasteiger partial charge in [0.2, 0.25) is 5.91 Å². The summed E-state index contributed by atoms with van der Waals surface area (Å²) in [7, 11) is 4.22. The number of carbonyl (C=O) groups is 1. The third-order valence-corrected chi connectivity index (χ3v) is 5.38. The van der Waals surface area contributed by atoms with E-state index in [1.807, 2.05) is 11.1 Å². The van der Waals surface area contributed by atoms with Crippen molar-refractivity contribution in [1.82, 2.24) is 24.7 Å². The summed E-state index contributed by atoms with van der Waals surface area (Å²) in [6.07, 6.45) is 7.69. The van der Waals surface area contributed by atoms with Gasteiger partial charge in [0, 0.05) is 57.0 Å². The highest BCUT2D eigenvalue weighted by Gasteiger charge is 2.28. The molecule has 1 aromatic heterocycles. The quantitative estimate of drug-likeness (QED) is 0.781. The SMILES string of the molecule is CN(C)CCCn1ccnc1C1CCN(C(=O)C[C@@H]2COCCN2)CC1. The van der Waals surface area contributed by atoms with Gasteiger partial charge in [0.05, 0.1) is 13.2 Å². The normalized spacial score (nSPS) is 22.1. The van der Waals surface area contributed by atoms with Gasteiger partial charge in [0.25, 0.3) is 0 Å². The first kappa shape index (κ1) is 19.3. The van der Waals surface area contributed by atoms with Crippen LogP contribution in [0.2, 0.25) is 0 Å². The van der Waals surface area contributed by atoms with Crippen molar-refractivity contribution in [3.05, 3.63) is 18.2 Å². The summed E-state index contributed by atoms with van der Waals surface area (Å²) in [5.74, 6) is 1.91. The number of hydrogen-bond donors (Lipinski definition) is 1. The number of aryl methyl sites for hydroxylation is 1. The largest absolute Gasteiger partial charge is 0.378 e. The highest BCUT2D eigenvalue weighted by molar-refractivity contribution is 5.77. The van der Waals surface area contributed by atoms with Gasteiger partial charge in [-0.1, -0.05) is 0 Å². The first-order valence-electron chi connectivity index (χ1n) is 9.88. The van der Waals surface area contributed by atoms with E-state index < -0.39 is 0 Å². The number of imidazole rings is 1. The smallest absolute Gasteiger partial charge is 0.224 e. The topological polar surface area (TPSA) is 62.6 Å². The Balaban J connectivity index is 1.46. The molecule has 0 aliphatic carbocycles. The molecule has 1 N–H and O–H groups in total. The molecular formula is C19H33N5O2. The molecule has 0 bridgehead atoms. The van der Waals surface area contributed by atoms with Gasteiger partial charge in [-0.15, -0.1) is 0 Å². The fourth-order valence-electron chi connectivity index (χ4n) is 3.90. The van der Waals surface area contributed by atoms with Crippen molar-refractivity contribution in [1.29, 1.82) is 0 Å². The van der Waals surface area contributed by atoms with Gasteiger partial charge in [-0.2, -0.15) is 0 Å². The minimum absolute atomic E-state index is 0.171. The second-order valence-corrected chi connectivity index (χ2v) is 7.72. The third kappa shape index (κ3) is 5.28. The molecule has 7 heteroatoms. The summed E-state index contributed by atoms with van der Waals surface area (Å²) in [5.41, 5.74) is 0. The van der Waals surface area contributed by atoms with Crippen molar-refractivity contribution >= 4 is 5.91 Å². The lowest BCUT2D eigenvalue weighted by Crippen LogP contribution is -2.46. The number of aromatic nitrogens is 2. The summed E-state index contributed by atoms with van der Waals surface area (Å²) in [5, 5.41) is 3.37. The molecule has 1 atom stereocenters. The van der Waals surface area contributed by atoms with Crippen molar-refractivity contribution < 1.29 is 9.53 Å². The van der Waals surface area contributed by atoms with Crippen molar-refractivity contribution in [2.75, 3.05) is 53.5 Å². The van der Waals surface area contributed by atoms with Crippen LogP contribution in [0, 0.1) is 0 Å². The third-order valence-electron chi connectivity index (χ3n) is 5.38. The number of nitrogens with zero attached hydrogens (tertiary/aromatic N) is 4. The van der Waals surface area contributed by atoms with E-state index in [-0.39, 0.29) is 11.9 Å². The molecule has 0 saturated carbocycles. The maximum Gasteiger partial charge on any atom is 0.224 e. The molecule has 2 aliphatic rings. The molecule has 2 saturated heterocycles. The zero-order valence-corrected chi connectivity index (χ0v) is 16.2. The first-order chi connectivity index (χ1) is 12.6. The van der Waals surface area contributed by atoms with E-state index in [1.165, 1.54) is 5.82 Å². The second-order valence-electron chi connectivity index (χ2n) is 7.72. The van der Waals surface area contributed by atoms with Gasteiger partial charge in [0.15, 0.2) is 0 Å². The molecule has 0 radical (unpaired) electrons. The molecule has 1 aromatic rings. The molecule has 2 fully saturated rings. The molecule has 1 amide bonds. The Morgan fingerprint density at radius 3 is 2.88 bits per heavy atom. The van der Waals surface area contributed by atoms with Gasteiger partial charge < -0.3 is 24.4 Å². The lowest BCUT2D eigenvalue weighted by Gasteiger charge is -2.33. The van der Waals surface area contributed by atoms with Gasteiger partial charge >= 0.3 is 0 Å². The van der Waals surface area contributed by atoms with E-state index in [9.17, 15) is 4.79 Å². The van der Waals surface area contributed by atoms with Crippen molar-refractivity contribution in [3.8, 4) is 0 Å².